The molecule has 0 unspecified atom stereocenters. The van der Waals surface area contributed by atoms with Gasteiger partial charge in [0.15, 0.2) is 0 Å². The number of urea groups is 1. The molecule has 1 aliphatic carbocycles. The van der Waals surface area contributed by atoms with Crippen molar-refractivity contribution in [2.75, 3.05) is 33.4 Å². The largest absolute Gasteiger partial charge is 0.383 e. The van der Waals surface area contributed by atoms with E-state index in [1.807, 2.05) is 17.0 Å². The molecule has 1 N–H and O–H groups in total. The molecule has 7 nitrogen and oxygen atoms in total. The summed E-state index contributed by atoms with van der Waals surface area (Å²) in [6, 6.07) is 4.11. The molecule has 1 aliphatic heterocycles. The third-order valence-corrected chi connectivity index (χ3v) is 5.52. The Bertz CT molecular complexity index is 619. The Morgan fingerprint density at radius 3 is 2.78 bits per heavy atom. The van der Waals surface area contributed by atoms with Crippen LogP contribution >= 0.6 is 0 Å². The summed E-state index contributed by atoms with van der Waals surface area (Å²) in [4.78, 5) is 32.8. The van der Waals surface area contributed by atoms with E-state index in [0.717, 1.165) is 24.9 Å². The molecule has 2 aliphatic rings. The highest BCUT2D eigenvalue weighted by Gasteiger charge is 2.35. The van der Waals surface area contributed by atoms with E-state index in [1.165, 1.54) is 12.8 Å². The van der Waals surface area contributed by atoms with Gasteiger partial charge in [0.25, 0.3) is 0 Å². The van der Waals surface area contributed by atoms with Crippen molar-refractivity contribution < 1.29 is 14.3 Å². The van der Waals surface area contributed by atoms with Crippen LogP contribution in [0.1, 0.15) is 37.7 Å². The van der Waals surface area contributed by atoms with Gasteiger partial charge in [-0.25, -0.2) is 4.79 Å². The van der Waals surface area contributed by atoms with Crippen molar-refractivity contribution >= 4 is 11.9 Å². The van der Waals surface area contributed by atoms with E-state index in [-0.39, 0.29) is 17.9 Å². The first-order valence-electron chi connectivity index (χ1n) is 9.87. The average Bonchev–Trinajstić information content (AvgIpc) is 3.33. The van der Waals surface area contributed by atoms with Crippen molar-refractivity contribution in [3.63, 3.8) is 0 Å². The lowest BCUT2D eigenvalue weighted by Gasteiger charge is -2.25. The molecule has 3 rings (SSSR count). The highest BCUT2D eigenvalue weighted by atomic mass is 16.5. The quantitative estimate of drug-likeness (QED) is 0.756. The molecule has 3 amide bonds. The van der Waals surface area contributed by atoms with Crippen molar-refractivity contribution in [3.05, 3.63) is 30.1 Å². The Morgan fingerprint density at radius 2 is 2.07 bits per heavy atom. The predicted octanol–water partition coefficient (Wildman–Crippen LogP) is 2.03. The van der Waals surface area contributed by atoms with Crippen molar-refractivity contribution in [2.24, 2.45) is 5.92 Å². The number of hydrogen-bond donors (Lipinski definition) is 1. The molecule has 0 radical (unpaired) electrons. The maximum atomic E-state index is 12.7. The Hall–Kier alpha value is -2.15. The maximum absolute atomic E-state index is 12.7. The number of nitrogens with one attached hydrogen (secondary N) is 1. The van der Waals surface area contributed by atoms with E-state index in [1.54, 1.807) is 24.4 Å². The first-order valence-corrected chi connectivity index (χ1v) is 9.87. The SMILES string of the molecule is COCCN(Cc1ccncc1)C(=O)NC[C@H]1CC(=O)N(C2CCCC2)C1. The first-order chi connectivity index (χ1) is 13.2. The standard InChI is InChI=1S/C20H30N4O3/c1-27-11-10-23(14-16-6-8-21-9-7-16)20(26)22-13-17-12-19(25)24(15-17)18-4-2-3-5-18/h6-9,17-18H,2-5,10-15H2,1H3,(H,22,26)/t17-/m1/s1. The summed E-state index contributed by atoms with van der Waals surface area (Å²) in [5.74, 6) is 0.446. The Labute approximate surface area is 161 Å². The van der Waals surface area contributed by atoms with E-state index in [2.05, 4.69) is 10.3 Å². The fourth-order valence-electron chi connectivity index (χ4n) is 4.02. The first kappa shape index (κ1) is 19.6. The average molecular weight is 374 g/mol. The number of rotatable bonds is 8. The molecule has 2 heterocycles. The molecule has 1 atom stereocenters. The van der Waals surface area contributed by atoms with E-state index >= 15 is 0 Å². The van der Waals surface area contributed by atoms with Crippen LogP contribution < -0.4 is 5.32 Å². The van der Waals surface area contributed by atoms with Gasteiger partial charge in [-0.2, -0.15) is 0 Å². The number of pyridine rings is 1. The molecule has 1 aromatic rings. The molecule has 0 spiro atoms. The Balaban J connectivity index is 1.50. The molecular formula is C20H30N4O3. The van der Waals surface area contributed by atoms with Gasteiger partial charge in [-0.3, -0.25) is 9.78 Å². The molecule has 2 fully saturated rings. The van der Waals surface area contributed by atoms with Gasteiger partial charge in [-0.05, 0) is 30.5 Å². The minimum absolute atomic E-state index is 0.115. The minimum atomic E-state index is -0.115. The number of nitrogens with zero attached hydrogens (tertiary/aromatic N) is 3. The van der Waals surface area contributed by atoms with Gasteiger partial charge in [0.05, 0.1) is 6.61 Å². The zero-order valence-electron chi connectivity index (χ0n) is 16.1. The third-order valence-electron chi connectivity index (χ3n) is 5.52. The van der Waals surface area contributed by atoms with E-state index in [9.17, 15) is 9.59 Å². The highest BCUT2D eigenvalue weighted by molar-refractivity contribution is 5.79. The van der Waals surface area contributed by atoms with Gasteiger partial charge in [0, 0.05) is 64.1 Å². The van der Waals surface area contributed by atoms with Gasteiger partial charge in [0.2, 0.25) is 5.91 Å². The van der Waals surface area contributed by atoms with Crippen molar-refractivity contribution in [1.82, 2.24) is 20.1 Å². The van der Waals surface area contributed by atoms with Crippen LogP contribution in [0, 0.1) is 5.92 Å². The summed E-state index contributed by atoms with van der Waals surface area (Å²) in [5, 5.41) is 3.02. The summed E-state index contributed by atoms with van der Waals surface area (Å²) < 4.78 is 5.14. The van der Waals surface area contributed by atoms with Crippen LogP contribution in [0.25, 0.3) is 0 Å². The summed E-state index contributed by atoms with van der Waals surface area (Å²) in [5.41, 5.74) is 1.03. The fraction of sp³-hybridized carbons (Fsp3) is 0.650. The third kappa shape index (κ3) is 5.42. The van der Waals surface area contributed by atoms with E-state index < -0.39 is 0 Å². The molecule has 0 bridgehead atoms. The molecule has 27 heavy (non-hydrogen) atoms. The summed E-state index contributed by atoms with van der Waals surface area (Å²) >= 11 is 0. The number of carbonyl (C=O) groups is 2. The van der Waals surface area contributed by atoms with Crippen LogP contribution in [0.5, 0.6) is 0 Å². The predicted molar refractivity (Wildman–Crippen MR) is 102 cm³/mol. The Kier molecular flexibility index (Phi) is 7.04. The lowest BCUT2D eigenvalue weighted by molar-refractivity contribution is -0.129. The summed E-state index contributed by atoms with van der Waals surface area (Å²) in [7, 11) is 1.63. The second-order valence-corrected chi connectivity index (χ2v) is 7.51. The highest BCUT2D eigenvalue weighted by Crippen LogP contribution is 2.29. The zero-order valence-corrected chi connectivity index (χ0v) is 16.1. The minimum Gasteiger partial charge on any atom is -0.383 e. The zero-order chi connectivity index (χ0) is 19.1. The number of methoxy groups -OCH3 is 1. The number of ether oxygens (including phenoxy) is 1. The van der Waals surface area contributed by atoms with Crippen molar-refractivity contribution in [1.29, 1.82) is 0 Å². The van der Waals surface area contributed by atoms with Crippen LogP contribution in [-0.4, -0.2) is 66.1 Å². The van der Waals surface area contributed by atoms with Gasteiger partial charge in [-0.15, -0.1) is 0 Å². The summed E-state index contributed by atoms with van der Waals surface area (Å²) in [6.07, 6.45) is 8.69. The Morgan fingerprint density at radius 1 is 1.33 bits per heavy atom. The normalized spacial score (nSPS) is 20.3. The van der Waals surface area contributed by atoms with E-state index in [4.69, 9.17) is 4.74 Å². The van der Waals surface area contributed by atoms with Crippen LogP contribution in [0.4, 0.5) is 4.79 Å². The van der Waals surface area contributed by atoms with Crippen LogP contribution in [0.15, 0.2) is 24.5 Å². The number of hydrogen-bond acceptors (Lipinski definition) is 4. The van der Waals surface area contributed by atoms with Gasteiger partial charge in [0.1, 0.15) is 0 Å². The fourth-order valence-corrected chi connectivity index (χ4v) is 4.02. The van der Waals surface area contributed by atoms with Crippen LogP contribution in [0.2, 0.25) is 0 Å². The van der Waals surface area contributed by atoms with Gasteiger partial charge >= 0.3 is 6.03 Å². The molecular weight excluding hydrogens is 344 g/mol. The van der Waals surface area contributed by atoms with Crippen molar-refractivity contribution in [3.8, 4) is 0 Å². The second kappa shape index (κ2) is 9.69. The molecule has 7 heteroatoms. The molecule has 148 valence electrons. The molecule has 1 saturated heterocycles. The lowest BCUT2D eigenvalue weighted by Crippen LogP contribution is -2.43. The molecule has 1 saturated carbocycles. The smallest absolute Gasteiger partial charge is 0.317 e. The van der Waals surface area contributed by atoms with Crippen LogP contribution in [-0.2, 0) is 16.1 Å². The molecule has 0 aromatic carbocycles. The van der Waals surface area contributed by atoms with Crippen LogP contribution in [0.3, 0.4) is 0 Å². The summed E-state index contributed by atoms with van der Waals surface area (Å²) in [6.45, 7) is 2.81. The topological polar surface area (TPSA) is 74.8 Å². The maximum Gasteiger partial charge on any atom is 0.317 e. The number of amides is 3. The number of likely N-dealkylation sites (tertiary alicyclic amines) is 1. The van der Waals surface area contributed by atoms with Gasteiger partial charge in [-0.1, -0.05) is 12.8 Å². The monoisotopic (exact) mass is 374 g/mol. The molecule has 1 aromatic heterocycles. The lowest BCUT2D eigenvalue weighted by atomic mass is 10.1. The van der Waals surface area contributed by atoms with E-state index in [0.29, 0.717) is 38.7 Å². The van der Waals surface area contributed by atoms with Crippen molar-refractivity contribution in [2.45, 2.75) is 44.7 Å². The number of aromatic nitrogens is 1. The second-order valence-electron chi connectivity index (χ2n) is 7.51. The number of carbonyl (C=O) groups excluding carboxylic acids is 2. The van der Waals surface area contributed by atoms with Gasteiger partial charge < -0.3 is 19.9 Å².